The van der Waals surface area contributed by atoms with E-state index < -0.39 is 41.2 Å². The van der Waals surface area contributed by atoms with E-state index in [9.17, 15) is 31.4 Å². The maximum Gasteiger partial charge on any atom is 0.421 e. The smallest absolute Gasteiger partial charge is 0.411 e. The zero-order chi connectivity index (χ0) is 20.5. The lowest BCUT2D eigenvalue weighted by molar-refractivity contribution is -0.263. The first-order valence-electron chi connectivity index (χ1n) is 7.63. The van der Waals surface area contributed by atoms with Gasteiger partial charge >= 0.3 is 12.4 Å². The van der Waals surface area contributed by atoms with Gasteiger partial charge in [-0.25, -0.2) is 0 Å². The highest BCUT2D eigenvalue weighted by molar-refractivity contribution is 6.01. The molecule has 2 aromatic rings. The SMILES string of the molecule is Cc1ccc(/C(CC(O)(c2cccc(C(F)(F)F)c2)C(F)(F)F)=N/O)cc1. The number of aryl methyl sites for hydroxylation is 1. The van der Waals surface area contributed by atoms with Crippen LogP contribution in [0.4, 0.5) is 26.3 Å². The molecule has 0 saturated carbocycles. The summed E-state index contributed by atoms with van der Waals surface area (Å²) in [6.45, 7) is 1.73. The van der Waals surface area contributed by atoms with Crippen molar-refractivity contribution in [2.45, 2.75) is 31.3 Å². The number of oxime groups is 1. The lowest BCUT2D eigenvalue weighted by Crippen LogP contribution is -2.44. The lowest BCUT2D eigenvalue weighted by atomic mass is 9.85. The molecule has 0 aliphatic rings. The van der Waals surface area contributed by atoms with E-state index in [2.05, 4.69) is 5.16 Å². The first-order chi connectivity index (χ1) is 12.4. The highest BCUT2D eigenvalue weighted by Crippen LogP contribution is 2.44. The predicted molar refractivity (Wildman–Crippen MR) is 85.5 cm³/mol. The summed E-state index contributed by atoms with van der Waals surface area (Å²) < 4.78 is 79.5. The molecule has 9 heteroatoms. The molecule has 1 atom stereocenters. The standard InChI is InChI=1S/C18H15F6NO2/c1-11-5-7-12(8-6-11)15(25-27)10-16(26,18(22,23)24)13-3-2-4-14(9-13)17(19,20)21/h2-9,26-27H,10H2,1H3/b25-15+. The Bertz CT molecular complexity index is 827. The third-order valence-corrected chi connectivity index (χ3v) is 4.07. The molecule has 0 amide bonds. The van der Waals surface area contributed by atoms with Crippen LogP contribution in [0.5, 0.6) is 0 Å². The largest absolute Gasteiger partial charge is 0.421 e. The van der Waals surface area contributed by atoms with Gasteiger partial charge in [-0.1, -0.05) is 47.1 Å². The van der Waals surface area contributed by atoms with Crippen LogP contribution in [0.25, 0.3) is 0 Å². The van der Waals surface area contributed by atoms with Gasteiger partial charge in [0.05, 0.1) is 11.3 Å². The Balaban J connectivity index is 2.53. The van der Waals surface area contributed by atoms with Gasteiger partial charge in [0.25, 0.3) is 0 Å². The molecule has 0 aliphatic heterocycles. The molecule has 0 spiro atoms. The molecule has 27 heavy (non-hydrogen) atoms. The topological polar surface area (TPSA) is 52.8 Å². The van der Waals surface area contributed by atoms with Crippen LogP contribution >= 0.6 is 0 Å². The van der Waals surface area contributed by atoms with Gasteiger partial charge in [0.15, 0.2) is 5.60 Å². The first kappa shape index (κ1) is 20.8. The Labute approximate surface area is 150 Å². The van der Waals surface area contributed by atoms with Gasteiger partial charge in [-0.3, -0.25) is 0 Å². The summed E-state index contributed by atoms with van der Waals surface area (Å²) in [6, 6.07) is 8.22. The van der Waals surface area contributed by atoms with Crippen LogP contribution in [0.1, 0.15) is 28.7 Å². The number of aliphatic hydroxyl groups is 1. The van der Waals surface area contributed by atoms with Crippen molar-refractivity contribution in [1.29, 1.82) is 0 Å². The average Bonchev–Trinajstić information content (AvgIpc) is 2.58. The van der Waals surface area contributed by atoms with Crippen LogP contribution in [-0.2, 0) is 11.8 Å². The summed E-state index contributed by atoms with van der Waals surface area (Å²) >= 11 is 0. The summed E-state index contributed by atoms with van der Waals surface area (Å²) in [5, 5.41) is 22.3. The molecular weight excluding hydrogens is 376 g/mol. The zero-order valence-electron chi connectivity index (χ0n) is 13.9. The van der Waals surface area contributed by atoms with Gasteiger partial charge in [0, 0.05) is 6.42 Å². The van der Waals surface area contributed by atoms with Gasteiger partial charge in [0.1, 0.15) is 0 Å². The van der Waals surface area contributed by atoms with Gasteiger partial charge in [-0.2, -0.15) is 26.3 Å². The van der Waals surface area contributed by atoms with Crippen LogP contribution < -0.4 is 0 Å². The molecule has 0 bridgehead atoms. The normalized spacial score (nSPS) is 15.5. The van der Waals surface area contributed by atoms with Crippen LogP contribution in [0.3, 0.4) is 0 Å². The monoisotopic (exact) mass is 391 g/mol. The average molecular weight is 391 g/mol. The molecule has 2 aromatic carbocycles. The molecule has 0 aliphatic carbocycles. The van der Waals surface area contributed by atoms with E-state index in [4.69, 9.17) is 5.21 Å². The van der Waals surface area contributed by atoms with E-state index in [1.165, 1.54) is 12.1 Å². The molecule has 2 rings (SSSR count). The zero-order valence-corrected chi connectivity index (χ0v) is 13.9. The molecule has 146 valence electrons. The van der Waals surface area contributed by atoms with Crippen molar-refractivity contribution in [3.05, 3.63) is 70.8 Å². The van der Waals surface area contributed by atoms with Gasteiger partial charge < -0.3 is 10.3 Å². The molecule has 0 aromatic heterocycles. The highest BCUT2D eigenvalue weighted by atomic mass is 19.4. The van der Waals surface area contributed by atoms with Crippen molar-refractivity contribution in [2.75, 3.05) is 0 Å². The molecule has 0 fully saturated rings. The van der Waals surface area contributed by atoms with Crippen molar-refractivity contribution in [3.63, 3.8) is 0 Å². The second-order valence-electron chi connectivity index (χ2n) is 6.03. The number of hydrogen-bond acceptors (Lipinski definition) is 3. The Morgan fingerprint density at radius 1 is 0.926 bits per heavy atom. The molecule has 2 N–H and O–H groups in total. The van der Waals surface area contributed by atoms with E-state index in [-0.39, 0.29) is 11.6 Å². The van der Waals surface area contributed by atoms with Crippen LogP contribution in [0, 0.1) is 6.92 Å². The Morgan fingerprint density at radius 2 is 1.48 bits per heavy atom. The molecule has 1 unspecified atom stereocenters. The minimum atomic E-state index is -5.32. The van der Waals surface area contributed by atoms with Crippen LogP contribution in [-0.4, -0.2) is 22.2 Å². The van der Waals surface area contributed by atoms with Crippen molar-refractivity contribution in [2.24, 2.45) is 5.16 Å². The molecule has 0 radical (unpaired) electrons. The van der Waals surface area contributed by atoms with Crippen molar-refractivity contribution < 1.29 is 36.7 Å². The second-order valence-corrected chi connectivity index (χ2v) is 6.03. The second kappa shape index (κ2) is 7.22. The van der Waals surface area contributed by atoms with E-state index in [1.807, 2.05) is 0 Å². The maximum absolute atomic E-state index is 13.6. The van der Waals surface area contributed by atoms with E-state index in [0.717, 1.165) is 17.7 Å². The summed E-state index contributed by atoms with van der Waals surface area (Å²) in [6.07, 6.45) is -11.5. The third kappa shape index (κ3) is 4.41. The summed E-state index contributed by atoms with van der Waals surface area (Å²) in [7, 11) is 0. The minimum Gasteiger partial charge on any atom is -0.411 e. The number of rotatable bonds is 4. The Hall–Kier alpha value is -2.55. The lowest BCUT2D eigenvalue weighted by Gasteiger charge is -2.31. The fourth-order valence-corrected chi connectivity index (χ4v) is 2.50. The summed E-state index contributed by atoms with van der Waals surface area (Å²) in [5.41, 5.74) is -5.65. The summed E-state index contributed by atoms with van der Waals surface area (Å²) in [5.74, 6) is 0. The molecular formula is C18H15F6NO2. The minimum absolute atomic E-state index is 0.0951. The number of halogens is 6. The number of alkyl halides is 6. The summed E-state index contributed by atoms with van der Waals surface area (Å²) in [4.78, 5) is 0. The van der Waals surface area contributed by atoms with Gasteiger partial charge in [-0.05, 0) is 30.2 Å². The third-order valence-electron chi connectivity index (χ3n) is 4.07. The fourth-order valence-electron chi connectivity index (χ4n) is 2.50. The Kier molecular flexibility index (Phi) is 5.55. The van der Waals surface area contributed by atoms with Crippen molar-refractivity contribution in [1.82, 2.24) is 0 Å². The predicted octanol–water partition coefficient (Wildman–Crippen LogP) is 5.03. The fraction of sp³-hybridized carbons (Fsp3) is 0.278. The number of nitrogens with zero attached hydrogens (tertiary/aromatic N) is 1. The van der Waals surface area contributed by atoms with E-state index in [0.29, 0.717) is 6.07 Å². The molecule has 0 heterocycles. The highest BCUT2D eigenvalue weighted by Gasteiger charge is 2.56. The number of benzene rings is 2. The van der Waals surface area contributed by atoms with Gasteiger partial charge in [0.2, 0.25) is 0 Å². The maximum atomic E-state index is 13.6. The van der Waals surface area contributed by atoms with E-state index in [1.54, 1.807) is 19.1 Å². The quantitative estimate of drug-likeness (QED) is 0.332. The van der Waals surface area contributed by atoms with Crippen LogP contribution in [0.15, 0.2) is 53.7 Å². The van der Waals surface area contributed by atoms with Crippen LogP contribution in [0.2, 0.25) is 0 Å². The molecule has 0 saturated heterocycles. The van der Waals surface area contributed by atoms with Crippen molar-refractivity contribution >= 4 is 5.71 Å². The van der Waals surface area contributed by atoms with Gasteiger partial charge in [-0.15, -0.1) is 0 Å². The molecule has 3 nitrogen and oxygen atoms in total. The Morgan fingerprint density at radius 3 is 1.96 bits per heavy atom. The first-order valence-corrected chi connectivity index (χ1v) is 7.63. The number of hydrogen-bond donors (Lipinski definition) is 2. The van der Waals surface area contributed by atoms with Crippen molar-refractivity contribution in [3.8, 4) is 0 Å². The van der Waals surface area contributed by atoms with E-state index >= 15 is 0 Å².